The Hall–Kier alpha value is -1.83. The van der Waals surface area contributed by atoms with Gasteiger partial charge in [-0.05, 0) is 51.9 Å². The molecule has 7 heteroatoms. The number of nitrogens with one attached hydrogen (secondary N) is 1. The van der Waals surface area contributed by atoms with Crippen LogP contribution >= 0.6 is 11.3 Å². The van der Waals surface area contributed by atoms with Crippen molar-refractivity contribution in [1.82, 2.24) is 19.8 Å². The van der Waals surface area contributed by atoms with Gasteiger partial charge in [0.15, 0.2) is 5.13 Å². The normalized spacial score (nSPS) is 21.4. The van der Waals surface area contributed by atoms with E-state index in [9.17, 15) is 4.79 Å². The van der Waals surface area contributed by atoms with Crippen molar-refractivity contribution in [3.05, 3.63) is 40.2 Å². The summed E-state index contributed by atoms with van der Waals surface area (Å²) in [6.07, 6.45) is 2.91. The molecule has 2 aromatic rings. The summed E-state index contributed by atoms with van der Waals surface area (Å²) in [5.74, 6) is -0.0770. The zero-order valence-corrected chi connectivity index (χ0v) is 17.6. The predicted molar refractivity (Wildman–Crippen MR) is 110 cm³/mol. The predicted octanol–water partition coefficient (Wildman–Crippen LogP) is 2.86. The van der Waals surface area contributed by atoms with E-state index in [1.54, 1.807) is 11.3 Å². The average molecular weight is 388 g/mol. The van der Waals surface area contributed by atoms with Crippen molar-refractivity contribution >= 4 is 22.4 Å². The number of carbonyl (C=O) groups excluding carboxylic acids is 1. The standard InChI is InChI=1S/C20H29N5OS/c1-13-6-17(7-14(2)22-13)8-18-11-25(15(3)10-24(18)5)12-19-9-21-20(27-19)23-16(4)26/h6-7,9,15,18H,8,10-12H2,1-5H3,(H,21,23,26)/t15-,18+/m0/s1. The molecule has 1 fully saturated rings. The van der Waals surface area contributed by atoms with Gasteiger partial charge in [-0.3, -0.25) is 14.7 Å². The van der Waals surface area contributed by atoms with Crippen LogP contribution in [0.3, 0.4) is 0 Å². The van der Waals surface area contributed by atoms with E-state index in [1.165, 1.54) is 17.4 Å². The number of hydrogen-bond acceptors (Lipinski definition) is 6. The Bertz CT molecular complexity index is 785. The second-order valence-electron chi connectivity index (χ2n) is 7.65. The summed E-state index contributed by atoms with van der Waals surface area (Å²) in [5, 5.41) is 3.45. The van der Waals surface area contributed by atoms with Crippen molar-refractivity contribution in [3.63, 3.8) is 0 Å². The Morgan fingerprint density at radius 3 is 2.67 bits per heavy atom. The van der Waals surface area contributed by atoms with Crippen LogP contribution in [0.25, 0.3) is 0 Å². The number of rotatable bonds is 5. The third kappa shape index (κ3) is 5.34. The first kappa shape index (κ1) is 19.9. The molecule has 2 atom stereocenters. The number of thiazole rings is 1. The smallest absolute Gasteiger partial charge is 0.223 e. The van der Waals surface area contributed by atoms with E-state index < -0.39 is 0 Å². The van der Waals surface area contributed by atoms with E-state index in [2.05, 4.69) is 65.0 Å². The lowest BCUT2D eigenvalue weighted by Gasteiger charge is -2.43. The summed E-state index contributed by atoms with van der Waals surface area (Å²) in [4.78, 5) is 26.2. The van der Waals surface area contributed by atoms with E-state index in [0.717, 1.165) is 37.4 Å². The summed E-state index contributed by atoms with van der Waals surface area (Å²) >= 11 is 1.56. The van der Waals surface area contributed by atoms with Crippen molar-refractivity contribution in [2.45, 2.75) is 52.7 Å². The van der Waals surface area contributed by atoms with Crippen LogP contribution < -0.4 is 5.32 Å². The lowest BCUT2D eigenvalue weighted by Crippen LogP contribution is -2.56. The van der Waals surface area contributed by atoms with Crippen LogP contribution in [-0.2, 0) is 17.8 Å². The van der Waals surface area contributed by atoms with E-state index in [4.69, 9.17) is 0 Å². The number of hydrogen-bond donors (Lipinski definition) is 1. The third-order valence-electron chi connectivity index (χ3n) is 5.05. The number of likely N-dealkylation sites (N-methyl/N-ethyl adjacent to an activating group) is 1. The number of amides is 1. The van der Waals surface area contributed by atoms with E-state index >= 15 is 0 Å². The fourth-order valence-corrected chi connectivity index (χ4v) is 4.70. The number of nitrogens with zero attached hydrogens (tertiary/aromatic N) is 4. The van der Waals surface area contributed by atoms with Crippen molar-refractivity contribution in [2.75, 3.05) is 25.5 Å². The minimum Gasteiger partial charge on any atom is -0.302 e. The molecule has 1 aliphatic rings. The average Bonchev–Trinajstić information content (AvgIpc) is 2.97. The van der Waals surface area contributed by atoms with Gasteiger partial charge >= 0.3 is 0 Å². The molecule has 0 saturated carbocycles. The summed E-state index contributed by atoms with van der Waals surface area (Å²) in [6.45, 7) is 10.9. The highest BCUT2D eigenvalue weighted by atomic mass is 32.1. The zero-order valence-electron chi connectivity index (χ0n) is 16.8. The number of carbonyl (C=O) groups is 1. The Balaban J connectivity index is 1.67. The fourth-order valence-electron chi connectivity index (χ4n) is 3.81. The number of anilines is 1. The number of pyridine rings is 1. The van der Waals surface area contributed by atoms with Gasteiger partial charge in [0.2, 0.25) is 5.91 Å². The molecule has 0 bridgehead atoms. The molecule has 0 radical (unpaired) electrons. The van der Waals surface area contributed by atoms with Gasteiger partial charge in [-0.1, -0.05) is 0 Å². The molecule has 0 aliphatic carbocycles. The first-order valence-electron chi connectivity index (χ1n) is 9.41. The maximum absolute atomic E-state index is 11.2. The van der Waals surface area contributed by atoms with Crippen LogP contribution in [0, 0.1) is 13.8 Å². The van der Waals surface area contributed by atoms with Crippen LogP contribution in [0.2, 0.25) is 0 Å². The third-order valence-corrected chi connectivity index (χ3v) is 5.95. The van der Waals surface area contributed by atoms with Gasteiger partial charge in [0.05, 0.1) is 0 Å². The van der Waals surface area contributed by atoms with Crippen molar-refractivity contribution in [3.8, 4) is 0 Å². The molecule has 1 N–H and O–H groups in total. The second-order valence-corrected chi connectivity index (χ2v) is 8.76. The maximum Gasteiger partial charge on any atom is 0.223 e. The van der Waals surface area contributed by atoms with Gasteiger partial charge < -0.3 is 10.2 Å². The molecule has 1 aliphatic heterocycles. The van der Waals surface area contributed by atoms with Gasteiger partial charge in [0.1, 0.15) is 0 Å². The molecule has 146 valence electrons. The van der Waals surface area contributed by atoms with Crippen molar-refractivity contribution < 1.29 is 4.79 Å². The molecular formula is C20H29N5OS. The molecular weight excluding hydrogens is 358 g/mol. The summed E-state index contributed by atoms with van der Waals surface area (Å²) in [5.41, 5.74) is 3.53. The Labute approximate surface area is 165 Å². The fraction of sp³-hybridized carbons (Fsp3) is 0.550. The van der Waals surface area contributed by atoms with E-state index in [-0.39, 0.29) is 5.91 Å². The molecule has 6 nitrogen and oxygen atoms in total. The number of aromatic nitrogens is 2. The van der Waals surface area contributed by atoms with E-state index in [1.807, 2.05) is 6.20 Å². The largest absolute Gasteiger partial charge is 0.302 e. The molecule has 0 aromatic carbocycles. The molecule has 0 unspecified atom stereocenters. The van der Waals surface area contributed by atoms with Gasteiger partial charge in [0, 0.05) is 61.1 Å². The zero-order chi connectivity index (χ0) is 19.6. The highest BCUT2D eigenvalue weighted by Crippen LogP contribution is 2.24. The van der Waals surface area contributed by atoms with Gasteiger partial charge in [-0.2, -0.15) is 0 Å². The van der Waals surface area contributed by atoms with Crippen LogP contribution in [0.1, 0.15) is 35.7 Å². The summed E-state index contributed by atoms with van der Waals surface area (Å²) in [7, 11) is 2.22. The molecule has 1 amide bonds. The quantitative estimate of drug-likeness (QED) is 0.855. The Morgan fingerprint density at radius 1 is 1.30 bits per heavy atom. The van der Waals surface area contributed by atoms with E-state index in [0.29, 0.717) is 17.2 Å². The van der Waals surface area contributed by atoms with Crippen LogP contribution in [-0.4, -0.2) is 57.9 Å². The number of piperazine rings is 1. The Morgan fingerprint density at radius 2 is 2.00 bits per heavy atom. The SMILES string of the molecule is CC(=O)Nc1ncc(CN2C[C@@H](Cc3cc(C)nc(C)c3)N(C)C[C@@H]2C)s1. The minimum absolute atomic E-state index is 0.0770. The molecule has 0 spiro atoms. The van der Waals surface area contributed by atoms with Gasteiger partial charge in [-0.25, -0.2) is 4.98 Å². The van der Waals surface area contributed by atoms with Crippen molar-refractivity contribution in [1.29, 1.82) is 0 Å². The van der Waals surface area contributed by atoms with Gasteiger partial charge in [-0.15, -0.1) is 11.3 Å². The van der Waals surface area contributed by atoms with Crippen LogP contribution in [0.4, 0.5) is 5.13 Å². The summed E-state index contributed by atoms with van der Waals surface area (Å²) < 4.78 is 0. The lowest BCUT2D eigenvalue weighted by atomic mass is 10.00. The van der Waals surface area contributed by atoms with Crippen LogP contribution in [0.5, 0.6) is 0 Å². The molecule has 1 saturated heterocycles. The van der Waals surface area contributed by atoms with Crippen LogP contribution in [0.15, 0.2) is 18.3 Å². The molecule has 3 heterocycles. The summed E-state index contributed by atoms with van der Waals surface area (Å²) in [6, 6.07) is 5.36. The maximum atomic E-state index is 11.2. The minimum atomic E-state index is -0.0770. The first-order valence-corrected chi connectivity index (χ1v) is 10.2. The molecule has 2 aromatic heterocycles. The second kappa shape index (κ2) is 8.46. The lowest BCUT2D eigenvalue weighted by molar-refractivity contribution is -0.114. The molecule has 3 rings (SSSR count). The topological polar surface area (TPSA) is 61.4 Å². The van der Waals surface area contributed by atoms with Crippen molar-refractivity contribution in [2.24, 2.45) is 0 Å². The molecule has 27 heavy (non-hydrogen) atoms. The Kier molecular flexibility index (Phi) is 6.24. The first-order chi connectivity index (χ1) is 12.8. The highest BCUT2D eigenvalue weighted by molar-refractivity contribution is 7.15. The number of aryl methyl sites for hydroxylation is 2. The highest BCUT2D eigenvalue weighted by Gasteiger charge is 2.29. The monoisotopic (exact) mass is 387 g/mol. The van der Waals surface area contributed by atoms with Gasteiger partial charge in [0.25, 0.3) is 0 Å².